The third-order valence-corrected chi connectivity index (χ3v) is 3.61. The zero-order chi connectivity index (χ0) is 16.4. The molecule has 3 rings (SSSR count). The molecule has 1 aliphatic heterocycles. The number of ether oxygens (including phenoxy) is 2. The van der Waals surface area contributed by atoms with Crippen molar-refractivity contribution in [2.75, 3.05) is 6.79 Å². The predicted octanol–water partition coefficient (Wildman–Crippen LogP) is 1.16. The van der Waals surface area contributed by atoms with Crippen LogP contribution in [0.3, 0.4) is 0 Å². The van der Waals surface area contributed by atoms with Gasteiger partial charge < -0.3 is 14.8 Å². The van der Waals surface area contributed by atoms with Crippen LogP contribution in [0.4, 0.5) is 0 Å². The highest BCUT2D eigenvalue weighted by Crippen LogP contribution is 2.32. The van der Waals surface area contributed by atoms with Gasteiger partial charge in [-0.2, -0.15) is 5.10 Å². The quantitative estimate of drug-likeness (QED) is 0.915. The van der Waals surface area contributed by atoms with Gasteiger partial charge in [0, 0.05) is 12.6 Å². The molecule has 120 valence electrons. The highest BCUT2D eigenvalue weighted by molar-refractivity contribution is 5.79. The summed E-state index contributed by atoms with van der Waals surface area (Å²) in [5.41, 5.74) is 1.26. The van der Waals surface area contributed by atoms with Crippen LogP contribution in [0.25, 0.3) is 0 Å². The maximum absolute atomic E-state index is 12.2. The topological polar surface area (TPSA) is 82.5 Å². The molecule has 0 saturated carbocycles. The van der Waals surface area contributed by atoms with Crippen molar-refractivity contribution in [3.05, 3.63) is 51.9 Å². The van der Waals surface area contributed by atoms with Gasteiger partial charge in [0.05, 0.1) is 5.69 Å². The molecule has 1 aliphatic rings. The minimum Gasteiger partial charge on any atom is -0.454 e. The lowest BCUT2D eigenvalue weighted by Crippen LogP contribution is -2.36. The molecule has 2 aromatic rings. The minimum absolute atomic E-state index is 0.212. The maximum Gasteiger partial charge on any atom is 0.267 e. The number of nitrogens with zero attached hydrogens (tertiary/aromatic N) is 2. The molecule has 0 bridgehead atoms. The molecule has 0 saturated heterocycles. The van der Waals surface area contributed by atoms with Gasteiger partial charge in [-0.3, -0.25) is 9.59 Å². The fourth-order valence-corrected chi connectivity index (χ4v) is 2.30. The molecule has 1 amide bonds. The van der Waals surface area contributed by atoms with Crippen molar-refractivity contribution in [3.8, 4) is 11.5 Å². The van der Waals surface area contributed by atoms with Gasteiger partial charge in [0.15, 0.2) is 11.5 Å². The van der Waals surface area contributed by atoms with Crippen molar-refractivity contribution in [1.82, 2.24) is 15.1 Å². The van der Waals surface area contributed by atoms with E-state index in [1.807, 2.05) is 12.1 Å². The van der Waals surface area contributed by atoms with E-state index in [1.165, 1.54) is 10.7 Å². The monoisotopic (exact) mass is 315 g/mol. The Morgan fingerprint density at radius 1 is 1.30 bits per heavy atom. The molecule has 7 heteroatoms. The number of aromatic nitrogens is 2. The Morgan fingerprint density at radius 3 is 2.91 bits per heavy atom. The molecule has 1 atom stereocenters. The molecule has 0 radical (unpaired) electrons. The van der Waals surface area contributed by atoms with Crippen molar-refractivity contribution >= 4 is 5.91 Å². The highest BCUT2D eigenvalue weighted by atomic mass is 16.7. The summed E-state index contributed by atoms with van der Waals surface area (Å²) in [5.74, 6) is 1.09. The Hall–Kier alpha value is -2.83. The van der Waals surface area contributed by atoms with E-state index in [9.17, 15) is 9.59 Å². The number of fused-ring (bicyclic) bond motifs is 1. The summed E-state index contributed by atoms with van der Waals surface area (Å²) in [6.45, 7) is 3.96. The Balaban J connectivity index is 1.67. The lowest BCUT2D eigenvalue weighted by atomic mass is 10.2. The number of nitrogens with one attached hydrogen (secondary N) is 1. The number of hydrogen-bond acceptors (Lipinski definition) is 5. The first-order chi connectivity index (χ1) is 11.0. The van der Waals surface area contributed by atoms with Gasteiger partial charge in [0.1, 0.15) is 6.04 Å². The molecule has 0 fully saturated rings. The minimum atomic E-state index is -0.684. The Kier molecular flexibility index (Phi) is 4.01. The van der Waals surface area contributed by atoms with Crippen LogP contribution < -0.4 is 20.3 Å². The van der Waals surface area contributed by atoms with E-state index in [4.69, 9.17) is 9.47 Å². The molecule has 1 aromatic heterocycles. The van der Waals surface area contributed by atoms with Crippen molar-refractivity contribution in [1.29, 1.82) is 0 Å². The Morgan fingerprint density at radius 2 is 2.09 bits per heavy atom. The van der Waals surface area contributed by atoms with Crippen molar-refractivity contribution in [3.63, 3.8) is 0 Å². The zero-order valence-electron chi connectivity index (χ0n) is 12.9. The molecule has 0 unspecified atom stereocenters. The van der Waals surface area contributed by atoms with Gasteiger partial charge in [0.2, 0.25) is 12.7 Å². The highest BCUT2D eigenvalue weighted by Gasteiger charge is 2.18. The predicted molar refractivity (Wildman–Crippen MR) is 82.4 cm³/mol. The third kappa shape index (κ3) is 3.18. The molecule has 23 heavy (non-hydrogen) atoms. The fraction of sp³-hybridized carbons (Fsp3) is 0.312. The molecule has 1 aromatic carbocycles. The van der Waals surface area contributed by atoms with Gasteiger partial charge >= 0.3 is 0 Å². The number of carbonyl (C=O) groups excluding carboxylic acids is 1. The largest absolute Gasteiger partial charge is 0.454 e. The van der Waals surface area contributed by atoms with E-state index in [0.29, 0.717) is 23.7 Å². The first kappa shape index (κ1) is 15.1. The van der Waals surface area contributed by atoms with Gasteiger partial charge in [-0.05, 0) is 37.6 Å². The first-order valence-corrected chi connectivity index (χ1v) is 7.27. The lowest BCUT2D eigenvalue weighted by molar-refractivity contribution is -0.124. The van der Waals surface area contributed by atoms with Crippen LogP contribution >= 0.6 is 0 Å². The molecule has 1 N–H and O–H groups in total. The summed E-state index contributed by atoms with van der Waals surface area (Å²) in [6, 6.07) is 7.83. The summed E-state index contributed by atoms with van der Waals surface area (Å²) < 4.78 is 11.7. The van der Waals surface area contributed by atoms with Gasteiger partial charge in [-0.15, -0.1) is 0 Å². The van der Waals surface area contributed by atoms with Crippen molar-refractivity contribution in [2.24, 2.45) is 0 Å². The molecule has 7 nitrogen and oxygen atoms in total. The average Bonchev–Trinajstić information content (AvgIpc) is 3.01. The summed E-state index contributed by atoms with van der Waals surface area (Å²) in [7, 11) is 0. The van der Waals surface area contributed by atoms with Crippen LogP contribution in [-0.4, -0.2) is 22.5 Å². The van der Waals surface area contributed by atoms with E-state index in [0.717, 1.165) is 5.56 Å². The number of aryl methyl sites for hydroxylation is 1. The lowest BCUT2D eigenvalue weighted by Gasteiger charge is -2.14. The van der Waals surface area contributed by atoms with Crippen molar-refractivity contribution < 1.29 is 14.3 Å². The maximum atomic E-state index is 12.2. The normalized spacial score (nSPS) is 13.7. The summed E-state index contributed by atoms with van der Waals surface area (Å²) in [6.07, 6.45) is 0. The number of benzene rings is 1. The number of carbonyl (C=O) groups is 1. The number of rotatable bonds is 4. The molecular formula is C16H17N3O4. The van der Waals surface area contributed by atoms with E-state index in [2.05, 4.69) is 10.4 Å². The van der Waals surface area contributed by atoms with E-state index in [-0.39, 0.29) is 18.3 Å². The summed E-state index contributed by atoms with van der Waals surface area (Å²) >= 11 is 0. The van der Waals surface area contributed by atoms with Gasteiger partial charge in [0.25, 0.3) is 5.56 Å². The molecule has 0 aliphatic carbocycles. The molecule has 0 spiro atoms. The van der Waals surface area contributed by atoms with Crippen LogP contribution in [0.5, 0.6) is 11.5 Å². The third-order valence-electron chi connectivity index (χ3n) is 3.61. The van der Waals surface area contributed by atoms with Gasteiger partial charge in [-0.1, -0.05) is 6.07 Å². The van der Waals surface area contributed by atoms with Crippen LogP contribution in [-0.2, 0) is 11.3 Å². The Labute approximate surface area is 132 Å². The standard InChI is InChI=1S/C16H17N3O4/c1-10-3-6-15(20)19(18-10)11(2)16(21)17-8-12-4-5-13-14(7-12)23-9-22-13/h3-7,11H,8-9H2,1-2H3,(H,17,21)/t11-/m0/s1. The fourth-order valence-electron chi connectivity index (χ4n) is 2.30. The van der Waals surface area contributed by atoms with E-state index in [1.54, 1.807) is 26.0 Å². The van der Waals surface area contributed by atoms with E-state index < -0.39 is 6.04 Å². The second kappa shape index (κ2) is 6.12. The first-order valence-electron chi connectivity index (χ1n) is 7.27. The van der Waals surface area contributed by atoms with Crippen LogP contribution in [0, 0.1) is 6.92 Å². The molecular weight excluding hydrogens is 298 g/mol. The average molecular weight is 315 g/mol. The van der Waals surface area contributed by atoms with Crippen LogP contribution in [0.1, 0.15) is 24.2 Å². The number of amides is 1. The van der Waals surface area contributed by atoms with E-state index >= 15 is 0 Å². The zero-order valence-corrected chi connectivity index (χ0v) is 12.9. The second-order valence-electron chi connectivity index (χ2n) is 5.34. The van der Waals surface area contributed by atoms with Crippen LogP contribution in [0.2, 0.25) is 0 Å². The van der Waals surface area contributed by atoms with Crippen LogP contribution in [0.15, 0.2) is 35.1 Å². The summed E-state index contributed by atoms with van der Waals surface area (Å²) in [4.78, 5) is 24.1. The van der Waals surface area contributed by atoms with Gasteiger partial charge in [-0.25, -0.2) is 4.68 Å². The second-order valence-corrected chi connectivity index (χ2v) is 5.34. The SMILES string of the molecule is Cc1ccc(=O)n([C@@H](C)C(=O)NCc2ccc3c(c2)OCO3)n1. The molecule has 2 heterocycles. The Bertz CT molecular complexity index is 800. The van der Waals surface area contributed by atoms with Crippen molar-refractivity contribution in [2.45, 2.75) is 26.4 Å². The summed E-state index contributed by atoms with van der Waals surface area (Å²) in [5, 5.41) is 6.90. The number of hydrogen-bond donors (Lipinski definition) is 1. The smallest absolute Gasteiger partial charge is 0.267 e.